The Morgan fingerprint density at radius 2 is 1.94 bits per heavy atom. The lowest BCUT2D eigenvalue weighted by Crippen LogP contribution is -2.02. The molecule has 0 aliphatic rings. The third-order valence-electron chi connectivity index (χ3n) is 2.09. The Balaban J connectivity index is 2.33. The van der Waals surface area contributed by atoms with Gasteiger partial charge in [0.05, 0.1) is 5.69 Å². The molecule has 0 aliphatic heterocycles. The quantitative estimate of drug-likeness (QED) is 0.868. The lowest BCUT2D eigenvalue weighted by Gasteiger charge is -2.04. The van der Waals surface area contributed by atoms with Gasteiger partial charge in [-0.05, 0) is 34.7 Å². The number of halogens is 1. The standard InChI is InChI=1S/C11H12BrN5/c1-16(2)8-7-11-13-14-15-17(11)10-5-3-9(12)4-6-10/h3-8H,1-2H3/b8-7+. The van der Waals surface area contributed by atoms with Crippen LogP contribution in [0.25, 0.3) is 11.8 Å². The van der Waals surface area contributed by atoms with Crippen molar-refractivity contribution in [3.63, 3.8) is 0 Å². The zero-order valence-electron chi connectivity index (χ0n) is 9.58. The second-order valence-corrected chi connectivity index (χ2v) is 4.62. The molecule has 88 valence electrons. The minimum absolute atomic E-state index is 0.695. The summed E-state index contributed by atoms with van der Waals surface area (Å²) in [7, 11) is 3.90. The molecule has 1 heterocycles. The van der Waals surface area contributed by atoms with E-state index in [0.717, 1.165) is 10.2 Å². The number of hydrogen-bond acceptors (Lipinski definition) is 4. The van der Waals surface area contributed by atoms with Gasteiger partial charge < -0.3 is 4.90 Å². The summed E-state index contributed by atoms with van der Waals surface area (Å²) in [5.41, 5.74) is 0.927. The largest absolute Gasteiger partial charge is 0.383 e. The van der Waals surface area contributed by atoms with Gasteiger partial charge in [-0.15, -0.1) is 5.10 Å². The maximum Gasteiger partial charge on any atom is 0.181 e. The van der Waals surface area contributed by atoms with Gasteiger partial charge in [0, 0.05) is 30.8 Å². The van der Waals surface area contributed by atoms with Crippen LogP contribution in [-0.4, -0.2) is 39.2 Å². The average Bonchev–Trinajstić information content (AvgIpc) is 2.75. The summed E-state index contributed by atoms with van der Waals surface area (Å²) in [4.78, 5) is 1.93. The fourth-order valence-electron chi connectivity index (χ4n) is 1.28. The summed E-state index contributed by atoms with van der Waals surface area (Å²) in [5.74, 6) is 0.695. The predicted octanol–water partition coefficient (Wildman–Crippen LogP) is 1.96. The van der Waals surface area contributed by atoms with E-state index in [4.69, 9.17) is 0 Å². The SMILES string of the molecule is CN(C)/C=C/c1nnnn1-c1ccc(Br)cc1. The smallest absolute Gasteiger partial charge is 0.181 e. The van der Waals surface area contributed by atoms with Crippen LogP contribution in [0.15, 0.2) is 34.9 Å². The molecule has 1 aromatic carbocycles. The molecule has 17 heavy (non-hydrogen) atoms. The van der Waals surface area contributed by atoms with Crippen LogP contribution in [0.2, 0.25) is 0 Å². The number of benzene rings is 1. The van der Waals surface area contributed by atoms with Crippen molar-refractivity contribution < 1.29 is 0 Å². The zero-order chi connectivity index (χ0) is 12.3. The van der Waals surface area contributed by atoms with Crippen molar-refractivity contribution in [3.8, 4) is 5.69 Å². The molecule has 1 aromatic heterocycles. The van der Waals surface area contributed by atoms with Crippen molar-refractivity contribution in [2.75, 3.05) is 14.1 Å². The number of aromatic nitrogens is 4. The molecule has 0 bridgehead atoms. The molecule has 0 fully saturated rings. The predicted molar refractivity (Wildman–Crippen MR) is 69.6 cm³/mol. The lowest BCUT2D eigenvalue weighted by molar-refractivity contribution is 0.567. The molecule has 2 rings (SSSR count). The Morgan fingerprint density at radius 3 is 2.59 bits per heavy atom. The third-order valence-corrected chi connectivity index (χ3v) is 2.62. The van der Waals surface area contributed by atoms with E-state index in [-0.39, 0.29) is 0 Å². The van der Waals surface area contributed by atoms with Crippen molar-refractivity contribution in [2.45, 2.75) is 0 Å². The van der Waals surface area contributed by atoms with Gasteiger partial charge >= 0.3 is 0 Å². The third kappa shape index (κ3) is 2.91. The van der Waals surface area contributed by atoms with E-state index in [2.05, 4.69) is 31.5 Å². The van der Waals surface area contributed by atoms with Crippen LogP contribution in [0.3, 0.4) is 0 Å². The van der Waals surface area contributed by atoms with E-state index in [1.807, 2.05) is 55.5 Å². The number of hydrogen-bond donors (Lipinski definition) is 0. The molecule has 0 radical (unpaired) electrons. The minimum Gasteiger partial charge on any atom is -0.383 e. The van der Waals surface area contributed by atoms with Crippen LogP contribution >= 0.6 is 15.9 Å². The monoisotopic (exact) mass is 293 g/mol. The number of rotatable bonds is 3. The Labute approximate surface area is 108 Å². The molecule has 0 saturated carbocycles. The fourth-order valence-corrected chi connectivity index (χ4v) is 1.54. The molecular formula is C11H12BrN5. The summed E-state index contributed by atoms with van der Waals surface area (Å²) in [6.07, 6.45) is 3.77. The van der Waals surface area contributed by atoms with Gasteiger partial charge in [0.15, 0.2) is 5.82 Å². The molecule has 0 aliphatic carbocycles. The zero-order valence-corrected chi connectivity index (χ0v) is 11.2. The maximum atomic E-state index is 3.96. The highest BCUT2D eigenvalue weighted by atomic mass is 79.9. The topological polar surface area (TPSA) is 46.8 Å². The number of tetrazole rings is 1. The van der Waals surface area contributed by atoms with Crippen LogP contribution in [0.4, 0.5) is 0 Å². The van der Waals surface area contributed by atoms with Crippen molar-refractivity contribution in [1.29, 1.82) is 0 Å². The summed E-state index contributed by atoms with van der Waals surface area (Å²) < 4.78 is 2.71. The van der Waals surface area contributed by atoms with E-state index >= 15 is 0 Å². The molecule has 5 nitrogen and oxygen atoms in total. The van der Waals surface area contributed by atoms with Crippen LogP contribution in [-0.2, 0) is 0 Å². The van der Waals surface area contributed by atoms with Crippen LogP contribution in [0.1, 0.15) is 5.82 Å². The highest BCUT2D eigenvalue weighted by molar-refractivity contribution is 9.10. The van der Waals surface area contributed by atoms with Gasteiger partial charge in [-0.25, -0.2) is 0 Å². The van der Waals surface area contributed by atoms with E-state index in [0.29, 0.717) is 5.82 Å². The highest BCUT2D eigenvalue weighted by Gasteiger charge is 2.04. The molecule has 0 unspecified atom stereocenters. The van der Waals surface area contributed by atoms with E-state index in [9.17, 15) is 0 Å². The summed E-state index contributed by atoms with van der Waals surface area (Å²) in [6.45, 7) is 0. The van der Waals surface area contributed by atoms with Gasteiger partial charge in [-0.1, -0.05) is 15.9 Å². The normalized spacial score (nSPS) is 11.0. The van der Waals surface area contributed by atoms with E-state index < -0.39 is 0 Å². The van der Waals surface area contributed by atoms with E-state index in [1.165, 1.54) is 0 Å². The van der Waals surface area contributed by atoms with Crippen molar-refractivity contribution >= 4 is 22.0 Å². The van der Waals surface area contributed by atoms with Crippen molar-refractivity contribution in [1.82, 2.24) is 25.1 Å². The molecule has 0 amide bonds. The van der Waals surface area contributed by atoms with Gasteiger partial charge in [-0.2, -0.15) is 4.68 Å². The summed E-state index contributed by atoms with van der Waals surface area (Å²) >= 11 is 3.40. The first-order valence-electron chi connectivity index (χ1n) is 5.06. The fraction of sp³-hybridized carbons (Fsp3) is 0.182. The van der Waals surface area contributed by atoms with Gasteiger partial charge in [0.2, 0.25) is 0 Å². The Hall–Kier alpha value is -1.69. The maximum absolute atomic E-state index is 3.96. The first kappa shape index (κ1) is 11.8. The van der Waals surface area contributed by atoms with Gasteiger partial charge in [0.1, 0.15) is 0 Å². The molecule has 2 aromatic rings. The van der Waals surface area contributed by atoms with E-state index in [1.54, 1.807) is 4.68 Å². The summed E-state index contributed by atoms with van der Waals surface area (Å²) in [6, 6.07) is 7.81. The minimum atomic E-state index is 0.695. The molecular weight excluding hydrogens is 282 g/mol. The first-order chi connectivity index (χ1) is 8.16. The first-order valence-corrected chi connectivity index (χ1v) is 5.85. The molecule has 0 atom stereocenters. The molecule has 0 N–H and O–H groups in total. The average molecular weight is 294 g/mol. The molecule has 6 heteroatoms. The number of nitrogens with zero attached hydrogens (tertiary/aromatic N) is 5. The highest BCUT2D eigenvalue weighted by Crippen LogP contribution is 2.14. The second kappa shape index (κ2) is 5.09. The van der Waals surface area contributed by atoms with Gasteiger partial charge in [-0.3, -0.25) is 0 Å². The molecule has 0 spiro atoms. The van der Waals surface area contributed by atoms with Crippen molar-refractivity contribution in [2.24, 2.45) is 0 Å². The summed E-state index contributed by atoms with van der Waals surface area (Å²) in [5, 5.41) is 11.6. The molecule has 0 saturated heterocycles. The second-order valence-electron chi connectivity index (χ2n) is 3.70. The van der Waals surface area contributed by atoms with Crippen LogP contribution in [0.5, 0.6) is 0 Å². The van der Waals surface area contributed by atoms with Crippen LogP contribution < -0.4 is 0 Å². The Kier molecular flexibility index (Phi) is 3.53. The van der Waals surface area contributed by atoms with Gasteiger partial charge in [0.25, 0.3) is 0 Å². The van der Waals surface area contributed by atoms with Crippen LogP contribution in [0, 0.1) is 0 Å². The lowest BCUT2D eigenvalue weighted by atomic mass is 10.3. The van der Waals surface area contributed by atoms with Crippen molar-refractivity contribution in [3.05, 3.63) is 40.8 Å². The Bertz CT molecular complexity index is 515. The Morgan fingerprint density at radius 1 is 1.24 bits per heavy atom.